The Labute approximate surface area is 93.9 Å². The highest BCUT2D eigenvalue weighted by atomic mass is 16.5. The number of phenolic OH excluding ortho intramolecular Hbond substituents is 1. The van der Waals surface area contributed by atoms with Crippen LogP contribution in [0.1, 0.15) is 38.8 Å². The van der Waals surface area contributed by atoms with Gasteiger partial charge in [-0.15, -0.1) is 0 Å². The molecule has 0 aliphatic heterocycles. The van der Waals surface area contributed by atoms with E-state index in [1.807, 2.05) is 0 Å². The Morgan fingerprint density at radius 2 is 1.88 bits per heavy atom. The molecule has 0 saturated carbocycles. The molecule has 0 aliphatic carbocycles. The van der Waals surface area contributed by atoms with Crippen LogP contribution < -0.4 is 0 Å². The number of methoxy groups -OCH3 is 1. The van der Waals surface area contributed by atoms with Crippen molar-refractivity contribution in [1.29, 1.82) is 0 Å². The number of carbonyl (C=O) groups excluding carboxylic acids is 2. The van der Waals surface area contributed by atoms with Crippen LogP contribution in [0, 0.1) is 13.8 Å². The fourth-order valence-corrected chi connectivity index (χ4v) is 1.62. The Balaban J connectivity index is 3.58. The van der Waals surface area contributed by atoms with E-state index in [1.54, 1.807) is 19.9 Å². The SMILES string of the molecule is COC(=O)c1c(C)c(C(C)=O)cc(C)c1O. The monoisotopic (exact) mass is 222 g/mol. The van der Waals surface area contributed by atoms with Crippen LogP contribution in [0.3, 0.4) is 0 Å². The largest absolute Gasteiger partial charge is 0.507 e. The average Bonchev–Trinajstić information content (AvgIpc) is 2.22. The van der Waals surface area contributed by atoms with Crippen LogP contribution in [0.15, 0.2) is 6.07 Å². The van der Waals surface area contributed by atoms with Crippen LogP contribution in [0.2, 0.25) is 0 Å². The zero-order valence-electron chi connectivity index (χ0n) is 9.75. The van der Waals surface area contributed by atoms with Gasteiger partial charge >= 0.3 is 5.97 Å². The Morgan fingerprint density at radius 3 is 2.31 bits per heavy atom. The van der Waals surface area contributed by atoms with E-state index in [-0.39, 0.29) is 17.1 Å². The summed E-state index contributed by atoms with van der Waals surface area (Å²) in [4.78, 5) is 22.8. The topological polar surface area (TPSA) is 63.6 Å². The first-order chi connectivity index (χ1) is 7.40. The molecular weight excluding hydrogens is 208 g/mol. The van der Waals surface area contributed by atoms with Gasteiger partial charge in [-0.2, -0.15) is 0 Å². The minimum atomic E-state index is -0.638. The van der Waals surface area contributed by atoms with Crippen molar-refractivity contribution in [1.82, 2.24) is 0 Å². The fraction of sp³-hybridized carbons (Fsp3) is 0.333. The molecule has 0 unspecified atom stereocenters. The van der Waals surface area contributed by atoms with Gasteiger partial charge in [-0.05, 0) is 38.0 Å². The first-order valence-corrected chi connectivity index (χ1v) is 4.82. The second-order valence-corrected chi connectivity index (χ2v) is 3.64. The number of hydrogen-bond donors (Lipinski definition) is 1. The standard InChI is InChI=1S/C12H14O4/c1-6-5-9(8(3)13)7(2)10(11(6)14)12(15)16-4/h5,14H,1-4H3. The molecule has 0 spiro atoms. The van der Waals surface area contributed by atoms with Crippen molar-refractivity contribution in [2.75, 3.05) is 7.11 Å². The highest BCUT2D eigenvalue weighted by molar-refractivity contribution is 6.02. The fourth-order valence-electron chi connectivity index (χ4n) is 1.62. The number of ether oxygens (including phenoxy) is 1. The number of benzene rings is 1. The first-order valence-electron chi connectivity index (χ1n) is 4.82. The lowest BCUT2D eigenvalue weighted by Gasteiger charge is -2.12. The molecule has 0 aromatic heterocycles. The minimum Gasteiger partial charge on any atom is -0.507 e. The molecule has 0 saturated heterocycles. The number of carbonyl (C=O) groups is 2. The average molecular weight is 222 g/mol. The van der Waals surface area contributed by atoms with E-state index in [1.165, 1.54) is 14.0 Å². The number of hydrogen-bond acceptors (Lipinski definition) is 4. The van der Waals surface area contributed by atoms with E-state index in [0.29, 0.717) is 16.7 Å². The van der Waals surface area contributed by atoms with E-state index in [0.717, 1.165) is 0 Å². The Hall–Kier alpha value is -1.84. The molecule has 0 aliphatic rings. The summed E-state index contributed by atoms with van der Waals surface area (Å²) < 4.78 is 4.58. The summed E-state index contributed by atoms with van der Waals surface area (Å²) in [6, 6.07) is 1.57. The van der Waals surface area contributed by atoms with Crippen molar-refractivity contribution >= 4 is 11.8 Å². The molecular formula is C12H14O4. The number of esters is 1. The maximum absolute atomic E-state index is 11.5. The number of aryl methyl sites for hydroxylation is 1. The lowest BCUT2D eigenvalue weighted by molar-refractivity contribution is 0.0596. The molecule has 16 heavy (non-hydrogen) atoms. The van der Waals surface area contributed by atoms with Crippen LogP contribution in [-0.2, 0) is 4.74 Å². The molecule has 1 N–H and O–H groups in total. The number of Topliss-reactive ketones (excluding diaryl/α,β-unsaturated/α-hetero) is 1. The van der Waals surface area contributed by atoms with Crippen molar-refractivity contribution in [2.24, 2.45) is 0 Å². The van der Waals surface area contributed by atoms with Crippen LogP contribution in [-0.4, -0.2) is 24.0 Å². The van der Waals surface area contributed by atoms with Crippen molar-refractivity contribution in [3.8, 4) is 5.75 Å². The van der Waals surface area contributed by atoms with Gasteiger partial charge in [0, 0.05) is 5.56 Å². The maximum atomic E-state index is 11.5. The predicted octanol–water partition coefficient (Wildman–Crippen LogP) is 2.00. The molecule has 86 valence electrons. The molecule has 0 heterocycles. The molecule has 4 nitrogen and oxygen atoms in total. The third-order valence-corrected chi connectivity index (χ3v) is 2.52. The van der Waals surface area contributed by atoms with Gasteiger partial charge in [0.25, 0.3) is 0 Å². The molecule has 1 aromatic carbocycles. The van der Waals surface area contributed by atoms with Crippen LogP contribution in [0.5, 0.6) is 5.75 Å². The summed E-state index contributed by atoms with van der Waals surface area (Å²) in [5.74, 6) is -0.915. The lowest BCUT2D eigenvalue weighted by Crippen LogP contribution is -2.09. The second kappa shape index (κ2) is 4.35. The van der Waals surface area contributed by atoms with Gasteiger partial charge in [0.15, 0.2) is 5.78 Å². The number of phenols is 1. The van der Waals surface area contributed by atoms with Gasteiger partial charge in [-0.3, -0.25) is 4.79 Å². The molecule has 0 bridgehead atoms. The van der Waals surface area contributed by atoms with Gasteiger partial charge in [-0.25, -0.2) is 4.79 Å². The van der Waals surface area contributed by atoms with E-state index in [4.69, 9.17) is 0 Å². The molecule has 0 radical (unpaired) electrons. The Bertz CT molecular complexity index is 461. The van der Waals surface area contributed by atoms with Crippen LogP contribution in [0.4, 0.5) is 0 Å². The highest BCUT2D eigenvalue weighted by Gasteiger charge is 2.21. The van der Waals surface area contributed by atoms with Crippen LogP contribution >= 0.6 is 0 Å². The van der Waals surface area contributed by atoms with Crippen molar-refractivity contribution in [3.63, 3.8) is 0 Å². The molecule has 0 amide bonds. The predicted molar refractivity (Wildman–Crippen MR) is 58.9 cm³/mol. The van der Waals surface area contributed by atoms with Gasteiger partial charge in [0.2, 0.25) is 0 Å². The quantitative estimate of drug-likeness (QED) is 0.614. The summed E-state index contributed by atoms with van der Waals surface area (Å²) >= 11 is 0. The Morgan fingerprint density at radius 1 is 1.31 bits per heavy atom. The summed E-state index contributed by atoms with van der Waals surface area (Å²) in [5.41, 5.74) is 1.42. The third kappa shape index (κ3) is 1.91. The zero-order valence-corrected chi connectivity index (χ0v) is 9.75. The van der Waals surface area contributed by atoms with E-state index in [2.05, 4.69) is 4.74 Å². The number of aromatic hydroxyl groups is 1. The second-order valence-electron chi connectivity index (χ2n) is 3.64. The number of rotatable bonds is 2. The van der Waals surface area contributed by atoms with Gasteiger partial charge in [0.1, 0.15) is 11.3 Å². The van der Waals surface area contributed by atoms with Crippen LogP contribution in [0.25, 0.3) is 0 Å². The molecule has 4 heteroatoms. The van der Waals surface area contributed by atoms with Crippen molar-refractivity contribution in [2.45, 2.75) is 20.8 Å². The number of ketones is 1. The van der Waals surface area contributed by atoms with Crippen molar-refractivity contribution < 1.29 is 19.4 Å². The molecule has 0 atom stereocenters. The minimum absolute atomic E-state index is 0.0627. The molecule has 0 fully saturated rings. The zero-order chi connectivity index (χ0) is 12.5. The normalized spacial score (nSPS) is 10.0. The highest BCUT2D eigenvalue weighted by Crippen LogP contribution is 2.29. The summed E-state index contributed by atoms with van der Waals surface area (Å²) in [5, 5.41) is 9.77. The first kappa shape index (κ1) is 12.2. The summed E-state index contributed by atoms with van der Waals surface area (Å²) in [6.45, 7) is 4.66. The molecule has 1 aromatic rings. The smallest absolute Gasteiger partial charge is 0.341 e. The van der Waals surface area contributed by atoms with Gasteiger partial charge < -0.3 is 9.84 Å². The Kier molecular flexibility index (Phi) is 3.32. The molecule has 1 rings (SSSR count). The van der Waals surface area contributed by atoms with Gasteiger partial charge in [-0.1, -0.05) is 0 Å². The summed E-state index contributed by atoms with van der Waals surface area (Å²) in [7, 11) is 1.23. The van der Waals surface area contributed by atoms with Gasteiger partial charge in [0.05, 0.1) is 7.11 Å². The maximum Gasteiger partial charge on any atom is 0.341 e. The van der Waals surface area contributed by atoms with Crippen molar-refractivity contribution in [3.05, 3.63) is 28.3 Å². The van der Waals surface area contributed by atoms with E-state index in [9.17, 15) is 14.7 Å². The third-order valence-electron chi connectivity index (χ3n) is 2.52. The summed E-state index contributed by atoms with van der Waals surface area (Å²) in [6.07, 6.45) is 0. The lowest BCUT2D eigenvalue weighted by atomic mass is 9.95. The van der Waals surface area contributed by atoms with E-state index < -0.39 is 5.97 Å². The van der Waals surface area contributed by atoms with E-state index >= 15 is 0 Å².